The van der Waals surface area contributed by atoms with E-state index in [-0.39, 0.29) is 21.9 Å². The Morgan fingerprint density at radius 2 is 1.80 bits per heavy atom. The third-order valence-corrected chi connectivity index (χ3v) is 4.51. The van der Waals surface area contributed by atoms with E-state index >= 15 is 0 Å². The van der Waals surface area contributed by atoms with E-state index in [1.54, 1.807) is 12.2 Å². The predicted molar refractivity (Wildman–Crippen MR) is 81.6 cm³/mol. The van der Waals surface area contributed by atoms with Gasteiger partial charge < -0.3 is 9.84 Å². The van der Waals surface area contributed by atoms with Gasteiger partial charge in [0.2, 0.25) is 0 Å². The summed E-state index contributed by atoms with van der Waals surface area (Å²) in [4.78, 5) is 11.4. The van der Waals surface area contributed by atoms with Crippen molar-refractivity contribution in [2.24, 2.45) is 0 Å². The molecule has 1 amide bonds. The maximum Gasteiger partial charge on any atom is 0.405 e. The molecule has 1 heterocycles. The molecule has 0 saturated carbocycles. The van der Waals surface area contributed by atoms with Crippen LogP contribution in [0.1, 0.15) is 21.8 Å². The summed E-state index contributed by atoms with van der Waals surface area (Å²) in [5, 5.41) is 5.32. The van der Waals surface area contributed by atoms with Crippen molar-refractivity contribution in [3.63, 3.8) is 0 Å². The summed E-state index contributed by atoms with van der Waals surface area (Å²) >= 11 is 0. The molecule has 136 valence electrons. The summed E-state index contributed by atoms with van der Waals surface area (Å²) in [6.07, 6.45) is -4.53. The van der Waals surface area contributed by atoms with Gasteiger partial charge in [-0.05, 0) is 38.1 Å². The molecular formula is C14H14F3N3O4S. The number of carbonyl (C=O) groups excluding carboxylic acids is 1. The molecule has 2 N–H and O–H groups in total. The Kier molecular flexibility index (Phi) is 5.07. The first-order chi connectivity index (χ1) is 11.5. The van der Waals surface area contributed by atoms with Gasteiger partial charge in [-0.1, -0.05) is 5.16 Å². The Morgan fingerprint density at radius 3 is 2.28 bits per heavy atom. The number of nitrogens with zero attached hydrogens (tertiary/aromatic N) is 1. The molecular weight excluding hydrogens is 363 g/mol. The first kappa shape index (κ1) is 18.8. The molecule has 2 aromatic rings. The second-order valence-corrected chi connectivity index (χ2v) is 6.81. The molecule has 0 spiro atoms. The molecule has 7 nitrogen and oxygen atoms in total. The number of anilines is 1. The fraction of sp³-hybridized carbons (Fsp3) is 0.286. The van der Waals surface area contributed by atoms with Gasteiger partial charge in [-0.15, -0.1) is 0 Å². The molecule has 0 aliphatic carbocycles. The Balaban J connectivity index is 2.14. The summed E-state index contributed by atoms with van der Waals surface area (Å²) in [6.45, 7) is 1.62. The number of benzene rings is 1. The highest BCUT2D eigenvalue weighted by molar-refractivity contribution is 7.92. The van der Waals surface area contributed by atoms with E-state index in [1.165, 1.54) is 6.92 Å². The molecule has 11 heteroatoms. The lowest BCUT2D eigenvalue weighted by Gasteiger charge is -2.10. The molecule has 0 aliphatic heterocycles. The zero-order valence-electron chi connectivity index (χ0n) is 13.1. The minimum absolute atomic E-state index is 0.0967. The predicted octanol–water partition coefficient (Wildman–Crippen LogP) is 2.38. The number of amides is 1. The van der Waals surface area contributed by atoms with Crippen LogP contribution in [0.15, 0.2) is 33.7 Å². The molecule has 0 saturated heterocycles. The summed E-state index contributed by atoms with van der Waals surface area (Å²) in [6, 6.07) is 4.47. The number of hydrogen-bond acceptors (Lipinski definition) is 5. The molecule has 0 atom stereocenters. The SMILES string of the molecule is Cc1noc(C)c1NS(=O)(=O)c1ccc(C(=O)NCC(F)(F)F)cc1. The molecule has 0 unspecified atom stereocenters. The normalized spacial score (nSPS) is 12.0. The van der Waals surface area contributed by atoms with Crippen molar-refractivity contribution in [2.45, 2.75) is 24.9 Å². The summed E-state index contributed by atoms with van der Waals surface area (Å²) in [5.74, 6) is -0.677. The van der Waals surface area contributed by atoms with Crippen LogP contribution in [-0.2, 0) is 10.0 Å². The number of rotatable bonds is 5. The summed E-state index contributed by atoms with van der Waals surface area (Å²) < 4.78 is 68.0. The van der Waals surface area contributed by atoms with Crippen molar-refractivity contribution >= 4 is 21.6 Å². The Bertz CT molecular complexity index is 854. The van der Waals surface area contributed by atoms with E-state index in [4.69, 9.17) is 4.52 Å². The minimum atomic E-state index is -4.53. The first-order valence-electron chi connectivity index (χ1n) is 6.90. The van der Waals surface area contributed by atoms with Gasteiger partial charge in [0.05, 0.1) is 4.90 Å². The number of nitrogens with one attached hydrogen (secondary N) is 2. The molecule has 25 heavy (non-hydrogen) atoms. The van der Waals surface area contributed by atoms with Crippen molar-refractivity contribution in [2.75, 3.05) is 11.3 Å². The van der Waals surface area contributed by atoms with Crippen LogP contribution in [0, 0.1) is 13.8 Å². The monoisotopic (exact) mass is 377 g/mol. The summed E-state index contributed by atoms with van der Waals surface area (Å²) in [7, 11) is -3.97. The van der Waals surface area contributed by atoms with Crippen LogP contribution in [0.3, 0.4) is 0 Å². The Hall–Kier alpha value is -2.56. The number of alkyl halides is 3. The van der Waals surface area contributed by atoms with Crippen molar-refractivity contribution in [1.29, 1.82) is 0 Å². The molecule has 0 aliphatic rings. The number of sulfonamides is 1. The quantitative estimate of drug-likeness (QED) is 0.833. The van der Waals surface area contributed by atoms with Gasteiger partial charge in [0.15, 0.2) is 5.76 Å². The van der Waals surface area contributed by atoms with Crippen LogP contribution in [0.2, 0.25) is 0 Å². The summed E-state index contributed by atoms with van der Waals surface area (Å²) in [5.41, 5.74) is 0.455. The zero-order valence-corrected chi connectivity index (χ0v) is 14.0. The average molecular weight is 377 g/mol. The van der Waals surface area contributed by atoms with E-state index in [2.05, 4.69) is 9.88 Å². The second-order valence-electron chi connectivity index (χ2n) is 5.13. The highest BCUT2D eigenvalue weighted by Gasteiger charge is 2.28. The van der Waals surface area contributed by atoms with Crippen LogP contribution >= 0.6 is 0 Å². The van der Waals surface area contributed by atoms with E-state index < -0.39 is 28.7 Å². The largest absolute Gasteiger partial charge is 0.405 e. The lowest BCUT2D eigenvalue weighted by atomic mass is 10.2. The third-order valence-electron chi connectivity index (χ3n) is 3.15. The van der Waals surface area contributed by atoms with Gasteiger partial charge in [0.1, 0.15) is 17.9 Å². The maximum atomic E-state index is 12.3. The zero-order chi connectivity index (χ0) is 18.8. The number of aryl methyl sites for hydroxylation is 2. The standard InChI is InChI=1S/C14H14F3N3O4S/c1-8-12(9(2)24-19-8)20-25(22,23)11-5-3-10(4-6-11)13(21)18-7-14(15,16)17/h3-6,20H,7H2,1-2H3,(H,18,21). The van der Waals surface area contributed by atoms with Gasteiger partial charge in [0, 0.05) is 5.56 Å². The molecule has 0 radical (unpaired) electrons. The van der Waals surface area contributed by atoms with Gasteiger partial charge in [-0.3, -0.25) is 9.52 Å². The number of halogens is 3. The molecule has 0 bridgehead atoms. The average Bonchev–Trinajstić information content (AvgIpc) is 2.83. The Labute approximate surface area is 141 Å². The van der Waals surface area contributed by atoms with E-state index in [0.717, 1.165) is 24.3 Å². The number of hydrogen-bond donors (Lipinski definition) is 2. The van der Waals surface area contributed by atoms with Crippen LogP contribution in [-0.4, -0.2) is 32.2 Å². The van der Waals surface area contributed by atoms with Crippen LogP contribution in [0.4, 0.5) is 18.9 Å². The van der Waals surface area contributed by atoms with Crippen molar-refractivity contribution in [3.05, 3.63) is 41.3 Å². The lowest BCUT2D eigenvalue weighted by molar-refractivity contribution is -0.123. The third kappa shape index (κ3) is 4.72. The van der Waals surface area contributed by atoms with E-state index in [1.807, 2.05) is 0 Å². The van der Waals surface area contributed by atoms with E-state index in [9.17, 15) is 26.4 Å². The van der Waals surface area contributed by atoms with Crippen molar-refractivity contribution in [3.8, 4) is 0 Å². The fourth-order valence-electron chi connectivity index (χ4n) is 1.89. The van der Waals surface area contributed by atoms with Crippen molar-refractivity contribution in [1.82, 2.24) is 10.5 Å². The van der Waals surface area contributed by atoms with Gasteiger partial charge in [-0.2, -0.15) is 13.2 Å². The maximum absolute atomic E-state index is 12.3. The fourth-order valence-corrected chi connectivity index (χ4v) is 3.06. The highest BCUT2D eigenvalue weighted by Crippen LogP contribution is 2.23. The smallest absolute Gasteiger partial charge is 0.359 e. The van der Waals surface area contributed by atoms with Crippen molar-refractivity contribution < 1.29 is 30.9 Å². The van der Waals surface area contributed by atoms with E-state index in [0.29, 0.717) is 5.69 Å². The lowest BCUT2D eigenvalue weighted by Crippen LogP contribution is -2.33. The number of aromatic nitrogens is 1. The number of carbonyl (C=O) groups is 1. The van der Waals surface area contributed by atoms with Crippen LogP contribution in [0.25, 0.3) is 0 Å². The highest BCUT2D eigenvalue weighted by atomic mass is 32.2. The first-order valence-corrected chi connectivity index (χ1v) is 8.38. The molecule has 1 aromatic heterocycles. The van der Waals surface area contributed by atoms with Gasteiger partial charge in [-0.25, -0.2) is 8.42 Å². The van der Waals surface area contributed by atoms with Crippen LogP contribution in [0.5, 0.6) is 0 Å². The van der Waals surface area contributed by atoms with Gasteiger partial charge >= 0.3 is 6.18 Å². The Morgan fingerprint density at radius 1 is 1.20 bits per heavy atom. The second kappa shape index (κ2) is 6.75. The minimum Gasteiger partial charge on any atom is -0.359 e. The topological polar surface area (TPSA) is 101 Å². The van der Waals surface area contributed by atoms with Gasteiger partial charge in [0.25, 0.3) is 15.9 Å². The molecule has 1 aromatic carbocycles. The van der Waals surface area contributed by atoms with Crippen LogP contribution < -0.4 is 10.0 Å². The molecule has 0 fully saturated rings. The molecule has 2 rings (SSSR count).